The van der Waals surface area contributed by atoms with Gasteiger partial charge in [-0.15, -0.1) is 0 Å². The second-order valence-corrected chi connectivity index (χ2v) is 3.45. The zero-order chi connectivity index (χ0) is 11.5. The number of nitrogens with zero attached hydrogens (tertiary/aromatic N) is 2. The van der Waals surface area contributed by atoms with E-state index in [2.05, 4.69) is 10.4 Å². The Balaban J connectivity index is 2.11. The first-order chi connectivity index (χ1) is 7.65. The average Bonchev–Trinajstić information content (AvgIpc) is 2.65. The third-order valence-electron chi connectivity index (χ3n) is 2.13. The van der Waals surface area contributed by atoms with Gasteiger partial charge in [-0.25, -0.2) is 0 Å². The summed E-state index contributed by atoms with van der Waals surface area (Å²) in [6.45, 7) is 0. The third kappa shape index (κ3) is 2.20. The molecule has 1 aromatic carbocycles. The number of nitrogens with one attached hydrogen (secondary N) is 1. The Labute approximate surface area is 92.9 Å². The number of carbonyl (C=O) groups excluding carboxylic acids is 1. The Morgan fingerprint density at radius 2 is 2.00 bits per heavy atom. The molecular weight excluding hydrogens is 204 g/mol. The Morgan fingerprint density at radius 1 is 1.31 bits per heavy atom. The van der Waals surface area contributed by atoms with Crippen LogP contribution in [0.15, 0.2) is 36.5 Å². The number of nitrogens with two attached hydrogens (primary N) is 1. The molecule has 0 fully saturated rings. The normalized spacial score (nSPS) is 10.1. The molecule has 0 saturated heterocycles. The van der Waals surface area contributed by atoms with Crippen molar-refractivity contribution in [2.24, 2.45) is 7.05 Å². The molecule has 5 heteroatoms. The van der Waals surface area contributed by atoms with Crippen molar-refractivity contribution < 1.29 is 4.79 Å². The fourth-order valence-corrected chi connectivity index (χ4v) is 1.30. The molecule has 0 spiro atoms. The molecular formula is C11H12N4O. The number of benzene rings is 1. The lowest BCUT2D eigenvalue weighted by molar-refractivity contribution is 0.102. The lowest BCUT2D eigenvalue weighted by atomic mass is 10.2. The van der Waals surface area contributed by atoms with Crippen LogP contribution in [0.2, 0.25) is 0 Å². The summed E-state index contributed by atoms with van der Waals surface area (Å²) in [5, 5.41) is 6.74. The van der Waals surface area contributed by atoms with E-state index in [-0.39, 0.29) is 5.91 Å². The highest BCUT2D eigenvalue weighted by atomic mass is 16.1. The van der Waals surface area contributed by atoms with Crippen LogP contribution < -0.4 is 11.1 Å². The second-order valence-electron chi connectivity index (χ2n) is 3.45. The number of hydrogen-bond acceptors (Lipinski definition) is 3. The van der Waals surface area contributed by atoms with E-state index in [1.807, 2.05) is 0 Å². The number of nitrogen functional groups attached to an aromatic ring is 1. The molecule has 2 aromatic rings. The fraction of sp³-hybridized carbons (Fsp3) is 0.0909. The first kappa shape index (κ1) is 10.2. The molecule has 0 unspecified atom stereocenters. The molecule has 5 nitrogen and oxygen atoms in total. The smallest absolute Gasteiger partial charge is 0.256 e. The van der Waals surface area contributed by atoms with Gasteiger partial charge < -0.3 is 11.1 Å². The monoisotopic (exact) mass is 216 g/mol. The maximum atomic E-state index is 11.7. The standard InChI is InChI=1S/C11H12N4O/c1-15-7-6-10(14-15)13-11(16)8-2-4-9(12)5-3-8/h2-7H,12H2,1H3,(H,13,14,16). The van der Waals surface area contributed by atoms with Gasteiger partial charge in [0.15, 0.2) is 5.82 Å². The van der Waals surface area contributed by atoms with Gasteiger partial charge in [0.05, 0.1) is 0 Å². The highest BCUT2D eigenvalue weighted by molar-refractivity contribution is 6.03. The summed E-state index contributed by atoms with van der Waals surface area (Å²) in [5.41, 5.74) is 6.72. The number of hydrogen-bond donors (Lipinski definition) is 2. The number of carbonyl (C=O) groups is 1. The van der Waals surface area contributed by atoms with Gasteiger partial charge >= 0.3 is 0 Å². The maximum Gasteiger partial charge on any atom is 0.256 e. The second kappa shape index (κ2) is 4.06. The highest BCUT2D eigenvalue weighted by Gasteiger charge is 2.06. The van der Waals surface area contributed by atoms with Crippen molar-refractivity contribution in [1.82, 2.24) is 9.78 Å². The van der Waals surface area contributed by atoms with Crippen LogP contribution in [0.4, 0.5) is 11.5 Å². The van der Waals surface area contributed by atoms with Gasteiger partial charge in [-0.3, -0.25) is 9.48 Å². The van der Waals surface area contributed by atoms with E-state index in [0.29, 0.717) is 17.1 Å². The molecule has 1 heterocycles. The van der Waals surface area contributed by atoms with Crippen molar-refractivity contribution in [3.63, 3.8) is 0 Å². The van der Waals surface area contributed by atoms with E-state index in [9.17, 15) is 4.79 Å². The van der Waals surface area contributed by atoms with Gasteiger partial charge in [0, 0.05) is 30.6 Å². The van der Waals surface area contributed by atoms with Crippen LogP contribution >= 0.6 is 0 Å². The van der Waals surface area contributed by atoms with Crippen molar-refractivity contribution >= 4 is 17.4 Å². The van der Waals surface area contributed by atoms with Crippen LogP contribution in [0.25, 0.3) is 0 Å². The first-order valence-corrected chi connectivity index (χ1v) is 4.82. The summed E-state index contributed by atoms with van der Waals surface area (Å²) in [6.07, 6.45) is 1.76. The summed E-state index contributed by atoms with van der Waals surface area (Å²) in [4.78, 5) is 11.7. The number of aromatic nitrogens is 2. The Kier molecular flexibility index (Phi) is 2.59. The van der Waals surface area contributed by atoms with Crippen LogP contribution in [-0.2, 0) is 7.05 Å². The van der Waals surface area contributed by atoms with E-state index in [4.69, 9.17) is 5.73 Å². The van der Waals surface area contributed by atoms with Crippen molar-refractivity contribution in [2.45, 2.75) is 0 Å². The van der Waals surface area contributed by atoms with Gasteiger partial charge in [-0.2, -0.15) is 5.10 Å². The molecule has 2 rings (SSSR count). The predicted octanol–water partition coefficient (Wildman–Crippen LogP) is 1.25. The number of anilines is 2. The Hall–Kier alpha value is -2.30. The zero-order valence-corrected chi connectivity index (χ0v) is 8.84. The van der Waals surface area contributed by atoms with Gasteiger partial charge in [0.25, 0.3) is 5.91 Å². The summed E-state index contributed by atoms with van der Waals surface area (Å²) >= 11 is 0. The highest BCUT2D eigenvalue weighted by Crippen LogP contribution is 2.08. The van der Waals surface area contributed by atoms with Crippen LogP contribution in [0.1, 0.15) is 10.4 Å². The molecule has 1 aromatic heterocycles. The number of aryl methyl sites for hydroxylation is 1. The van der Waals surface area contributed by atoms with E-state index in [0.717, 1.165) is 0 Å². The molecule has 0 bridgehead atoms. The van der Waals surface area contributed by atoms with E-state index >= 15 is 0 Å². The third-order valence-corrected chi connectivity index (χ3v) is 2.13. The molecule has 16 heavy (non-hydrogen) atoms. The van der Waals surface area contributed by atoms with Crippen molar-refractivity contribution in [3.8, 4) is 0 Å². The lowest BCUT2D eigenvalue weighted by Crippen LogP contribution is -2.12. The lowest BCUT2D eigenvalue weighted by Gasteiger charge is -2.01. The minimum atomic E-state index is -0.196. The molecule has 0 aliphatic rings. The van der Waals surface area contributed by atoms with Crippen LogP contribution in [0.5, 0.6) is 0 Å². The van der Waals surface area contributed by atoms with Crippen molar-refractivity contribution in [3.05, 3.63) is 42.1 Å². The number of rotatable bonds is 2. The van der Waals surface area contributed by atoms with Gasteiger partial charge in [0.2, 0.25) is 0 Å². The SMILES string of the molecule is Cn1ccc(NC(=O)c2ccc(N)cc2)n1. The van der Waals surface area contributed by atoms with Crippen LogP contribution in [0, 0.1) is 0 Å². The molecule has 82 valence electrons. The molecule has 0 aliphatic heterocycles. The average molecular weight is 216 g/mol. The summed E-state index contributed by atoms with van der Waals surface area (Å²) in [5.74, 6) is 0.336. The topological polar surface area (TPSA) is 72.9 Å². The largest absolute Gasteiger partial charge is 0.399 e. The van der Waals surface area contributed by atoms with Crippen LogP contribution in [-0.4, -0.2) is 15.7 Å². The molecule has 3 N–H and O–H groups in total. The molecule has 1 amide bonds. The van der Waals surface area contributed by atoms with E-state index < -0.39 is 0 Å². The van der Waals surface area contributed by atoms with Crippen molar-refractivity contribution in [1.29, 1.82) is 0 Å². The van der Waals surface area contributed by atoms with E-state index in [1.165, 1.54) is 0 Å². The minimum Gasteiger partial charge on any atom is -0.399 e. The summed E-state index contributed by atoms with van der Waals surface area (Å²) in [7, 11) is 1.79. The molecule has 0 aliphatic carbocycles. The Morgan fingerprint density at radius 3 is 2.56 bits per heavy atom. The predicted molar refractivity (Wildman–Crippen MR) is 62.0 cm³/mol. The summed E-state index contributed by atoms with van der Waals surface area (Å²) < 4.78 is 1.62. The zero-order valence-electron chi connectivity index (χ0n) is 8.84. The maximum absolute atomic E-state index is 11.7. The van der Waals surface area contributed by atoms with Gasteiger partial charge in [-0.1, -0.05) is 0 Å². The molecule has 0 atom stereocenters. The van der Waals surface area contributed by atoms with Crippen molar-refractivity contribution in [2.75, 3.05) is 11.1 Å². The number of amides is 1. The minimum absolute atomic E-state index is 0.196. The Bertz CT molecular complexity index is 501. The summed E-state index contributed by atoms with van der Waals surface area (Å²) in [6, 6.07) is 8.46. The van der Waals surface area contributed by atoms with E-state index in [1.54, 1.807) is 48.3 Å². The molecule has 0 radical (unpaired) electrons. The molecule has 0 saturated carbocycles. The van der Waals surface area contributed by atoms with Gasteiger partial charge in [-0.05, 0) is 24.3 Å². The van der Waals surface area contributed by atoms with Gasteiger partial charge in [0.1, 0.15) is 0 Å². The van der Waals surface area contributed by atoms with Crippen LogP contribution in [0.3, 0.4) is 0 Å². The fourth-order valence-electron chi connectivity index (χ4n) is 1.30. The quantitative estimate of drug-likeness (QED) is 0.742. The first-order valence-electron chi connectivity index (χ1n) is 4.82.